The molecule has 2 aliphatic heterocycles. The molecule has 12 heteroatoms. The average Bonchev–Trinajstić information content (AvgIpc) is 3.67. The normalized spacial score (nSPS) is 23.4. The van der Waals surface area contributed by atoms with Crippen LogP contribution in [0, 0.1) is 5.92 Å². The van der Waals surface area contributed by atoms with Gasteiger partial charge in [0.05, 0.1) is 23.2 Å². The molecule has 9 nitrogen and oxygen atoms in total. The Kier molecular flexibility index (Phi) is 17.9. The predicted molar refractivity (Wildman–Crippen MR) is 253 cm³/mol. The molecule has 1 unspecified atom stereocenters. The maximum Gasteiger partial charge on any atom is 0.261 e. The zero-order valence-electron chi connectivity index (χ0n) is 38.6. The lowest BCUT2D eigenvalue weighted by molar-refractivity contribution is -0.213. The lowest BCUT2D eigenvalue weighted by atomic mass is 9.91. The van der Waals surface area contributed by atoms with Crippen LogP contribution in [0.3, 0.4) is 0 Å². The van der Waals surface area contributed by atoms with Crippen molar-refractivity contribution in [2.45, 2.75) is 151 Å². The SMILES string of the molecule is CC[Si](CC)(CC)O[C@H]1C[C@H](OC)O[C@H]1C[C@H](C)C(=O)C(C[C@@]1(OC)C=CC[C@@H](/C=C/CCCO[Si](c2ccccc2)(c2ccccc2)C(C)(C)C)O1)S(=O)(=O)c1ccccc1. The van der Waals surface area contributed by atoms with Crippen molar-refractivity contribution in [2.75, 3.05) is 20.8 Å². The Morgan fingerprint density at radius 3 is 2.02 bits per heavy atom. The van der Waals surface area contributed by atoms with Crippen molar-refractivity contribution < 1.29 is 41.0 Å². The number of sulfone groups is 1. The lowest BCUT2D eigenvalue weighted by Gasteiger charge is -2.43. The molecule has 62 heavy (non-hydrogen) atoms. The summed E-state index contributed by atoms with van der Waals surface area (Å²) in [7, 11) is -5.71. The summed E-state index contributed by atoms with van der Waals surface area (Å²) in [5.41, 5.74) is 0. The monoisotopic (exact) mass is 904 g/mol. The fraction of sp³-hybridized carbons (Fsp3) is 0.540. The number of methoxy groups -OCH3 is 2. The van der Waals surface area contributed by atoms with Gasteiger partial charge >= 0.3 is 0 Å². The van der Waals surface area contributed by atoms with Crippen molar-refractivity contribution >= 4 is 42.6 Å². The van der Waals surface area contributed by atoms with E-state index in [2.05, 4.69) is 108 Å². The van der Waals surface area contributed by atoms with Crippen molar-refractivity contribution in [2.24, 2.45) is 5.92 Å². The van der Waals surface area contributed by atoms with Crippen LogP contribution in [0.5, 0.6) is 0 Å². The van der Waals surface area contributed by atoms with Crippen LogP contribution in [0.2, 0.25) is 23.2 Å². The number of hydrogen-bond acceptors (Lipinski definition) is 9. The third kappa shape index (κ3) is 11.6. The minimum absolute atomic E-state index is 0.0794. The van der Waals surface area contributed by atoms with E-state index >= 15 is 0 Å². The molecule has 0 bridgehead atoms. The molecule has 0 aromatic heterocycles. The molecule has 340 valence electrons. The molecule has 3 aromatic carbocycles. The third-order valence-electron chi connectivity index (χ3n) is 13.1. The smallest absolute Gasteiger partial charge is 0.261 e. The predicted octanol–water partition coefficient (Wildman–Crippen LogP) is 9.57. The summed E-state index contributed by atoms with van der Waals surface area (Å²) in [5, 5.41) is 0.950. The van der Waals surface area contributed by atoms with E-state index in [9.17, 15) is 13.2 Å². The number of rotatable bonds is 23. The number of carbonyl (C=O) groups is 1. The third-order valence-corrected chi connectivity index (χ3v) is 24.9. The summed E-state index contributed by atoms with van der Waals surface area (Å²) in [4.78, 5) is 14.8. The van der Waals surface area contributed by atoms with E-state index in [1.807, 2.05) is 12.2 Å². The summed E-state index contributed by atoms with van der Waals surface area (Å²) in [6.45, 7) is 15.8. The highest BCUT2D eigenvalue weighted by Gasteiger charge is 2.50. The van der Waals surface area contributed by atoms with Crippen molar-refractivity contribution in [3.05, 3.63) is 115 Å². The van der Waals surface area contributed by atoms with E-state index < -0.39 is 61.6 Å². The fourth-order valence-electron chi connectivity index (χ4n) is 9.26. The van der Waals surface area contributed by atoms with Gasteiger partial charge in [0.15, 0.2) is 36.0 Å². The van der Waals surface area contributed by atoms with Gasteiger partial charge in [-0.15, -0.1) is 0 Å². The van der Waals surface area contributed by atoms with Crippen LogP contribution in [0.4, 0.5) is 0 Å². The number of allylic oxidation sites excluding steroid dienone is 1. The zero-order valence-corrected chi connectivity index (χ0v) is 41.4. The first-order chi connectivity index (χ1) is 29.6. The van der Waals surface area contributed by atoms with Gasteiger partial charge in [-0.2, -0.15) is 0 Å². The molecule has 1 fully saturated rings. The molecule has 1 saturated heterocycles. The molecule has 2 aliphatic rings. The number of benzene rings is 3. The van der Waals surface area contributed by atoms with Crippen molar-refractivity contribution in [3.63, 3.8) is 0 Å². The van der Waals surface area contributed by atoms with Crippen LogP contribution < -0.4 is 10.4 Å². The van der Waals surface area contributed by atoms with E-state index in [1.54, 1.807) is 38.3 Å². The Labute approximate surface area is 374 Å². The number of hydrogen-bond donors (Lipinski definition) is 0. The molecular formula is C50H72O9SSi2. The van der Waals surface area contributed by atoms with Gasteiger partial charge in [0.25, 0.3) is 8.32 Å². The van der Waals surface area contributed by atoms with Crippen LogP contribution in [-0.4, -0.2) is 87.3 Å². The van der Waals surface area contributed by atoms with E-state index in [0.717, 1.165) is 31.0 Å². The van der Waals surface area contributed by atoms with Crippen LogP contribution in [0.1, 0.15) is 87.0 Å². The maximum absolute atomic E-state index is 14.7. The molecular weight excluding hydrogens is 833 g/mol. The molecule has 0 amide bonds. The number of ketones is 1. The van der Waals surface area contributed by atoms with Gasteiger partial charge in [0.1, 0.15) is 5.25 Å². The number of unbranched alkanes of at least 4 members (excludes halogenated alkanes) is 1. The van der Waals surface area contributed by atoms with E-state index in [4.69, 9.17) is 27.8 Å². The number of carbonyl (C=O) groups excluding carboxylic acids is 1. The number of Topliss-reactive ketones (excluding diaryl/α,β-unsaturated/α-hetero) is 1. The van der Waals surface area contributed by atoms with Crippen molar-refractivity contribution in [1.29, 1.82) is 0 Å². The highest BCUT2D eigenvalue weighted by Crippen LogP contribution is 2.39. The van der Waals surface area contributed by atoms with Gasteiger partial charge in [-0.25, -0.2) is 8.42 Å². The molecule has 0 radical (unpaired) electrons. The summed E-state index contributed by atoms with van der Waals surface area (Å²) in [6, 6.07) is 32.4. The maximum atomic E-state index is 14.7. The average molecular weight is 905 g/mol. The first-order valence-corrected chi connectivity index (χ1v) is 28.6. The van der Waals surface area contributed by atoms with Gasteiger partial charge in [0, 0.05) is 39.6 Å². The zero-order chi connectivity index (χ0) is 45.0. The molecule has 0 saturated carbocycles. The van der Waals surface area contributed by atoms with E-state index in [0.29, 0.717) is 25.9 Å². The highest BCUT2D eigenvalue weighted by molar-refractivity contribution is 7.92. The fourth-order valence-corrected chi connectivity index (χ4v) is 18.6. The van der Waals surface area contributed by atoms with Gasteiger partial charge in [-0.1, -0.05) is 146 Å². The van der Waals surface area contributed by atoms with Gasteiger partial charge < -0.3 is 27.8 Å². The Balaban J connectivity index is 1.31. The molecule has 0 aliphatic carbocycles. The quantitative estimate of drug-likeness (QED) is 0.0523. The summed E-state index contributed by atoms with van der Waals surface area (Å²) >= 11 is 0. The second-order valence-corrected chi connectivity index (χ2v) is 29.1. The highest BCUT2D eigenvalue weighted by atomic mass is 32.2. The van der Waals surface area contributed by atoms with Gasteiger partial charge in [-0.05, 0) is 77.4 Å². The molecule has 3 aromatic rings. The Morgan fingerprint density at radius 1 is 0.903 bits per heavy atom. The van der Waals surface area contributed by atoms with Crippen molar-refractivity contribution in [3.8, 4) is 0 Å². The molecule has 2 heterocycles. The minimum atomic E-state index is -4.17. The molecule has 5 rings (SSSR count). The van der Waals surface area contributed by atoms with Crippen molar-refractivity contribution in [1.82, 2.24) is 0 Å². The van der Waals surface area contributed by atoms with Crippen LogP contribution in [0.15, 0.2) is 120 Å². The second kappa shape index (κ2) is 22.2. The van der Waals surface area contributed by atoms with Crippen LogP contribution in [-0.2, 0) is 42.4 Å². The van der Waals surface area contributed by atoms with Gasteiger partial charge in [-0.3, -0.25) is 4.79 Å². The first-order valence-electron chi connectivity index (χ1n) is 22.6. The van der Waals surface area contributed by atoms with Crippen LogP contribution >= 0.6 is 0 Å². The molecule has 0 spiro atoms. The van der Waals surface area contributed by atoms with Gasteiger partial charge in [0.2, 0.25) is 0 Å². The summed E-state index contributed by atoms with van der Waals surface area (Å²) < 4.78 is 67.6. The Hall–Kier alpha value is -3.05. The lowest BCUT2D eigenvalue weighted by Crippen LogP contribution is -2.66. The Morgan fingerprint density at radius 2 is 1.48 bits per heavy atom. The Bertz CT molecular complexity index is 1950. The van der Waals surface area contributed by atoms with Crippen LogP contribution in [0.25, 0.3) is 0 Å². The van der Waals surface area contributed by atoms with E-state index in [1.165, 1.54) is 29.6 Å². The first kappa shape index (κ1) is 50.0. The largest absolute Gasteiger partial charge is 0.411 e. The topological polar surface area (TPSA) is 107 Å². The number of ether oxygens (including phenoxy) is 4. The molecule has 0 N–H and O–H groups in total. The summed E-state index contributed by atoms with van der Waals surface area (Å²) in [6.07, 6.45) is 9.15. The molecule has 7 atom stereocenters. The minimum Gasteiger partial charge on any atom is -0.411 e. The van der Waals surface area contributed by atoms with E-state index in [-0.39, 0.29) is 28.6 Å². The second-order valence-electron chi connectivity index (χ2n) is 18.0. The summed E-state index contributed by atoms with van der Waals surface area (Å²) in [5.74, 6) is -2.53. The standard InChI is InChI=1S/C50H72O9SSi2/c1-10-61(11-2,12-3)59-45-37-47(54-8)57-44(45)36-39(4)48(51)46(60(52,53)41-28-18-13-19-29-41)38-50(55-9)34-25-27-40(58-50)26-17-16-24-35-56-62(49(5,6)7,42-30-20-14-21-31-42)43-32-22-15-23-33-43/h13-15,17-23,25-26,28-34,39-40,44-47H,10-12,16,24,27,35-38H2,1-9H3/b26-17+/t39-,40+,44-,45-,46?,47+,50+/m0/s1.